The van der Waals surface area contributed by atoms with E-state index in [1.807, 2.05) is 29.5 Å². The molecule has 1 aromatic rings. The quantitative estimate of drug-likeness (QED) is 0.628. The Kier molecular flexibility index (Phi) is 4.93. The van der Waals surface area contributed by atoms with E-state index in [9.17, 15) is 5.11 Å². The number of aliphatic hydroxyl groups is 1. The SMILES string of the molecule is CC(OC1CCCCO1)C(O)(I)Cn1cncn1. The number of nitrogens with zero attached hydrogens (tertiary/aromatic N) is 3. The van der Waals surface area contributed by atoms with Crippen LogP contribution in [0.1, 0.15) is 26.2 Å². The molecule has 0 radical (unpaired) electrons. The van der Waals surface area contributed by atoms with Crippen LogP contribution in [0.2, 0.25) is 0 Å². The molecule has 0 bridgehead atoms. The van der Waals surface area contributed by atoms with E-state index in [4.69, 9.17) is 9.47 Å². The monoisotopic (exact) mass is 367 g/mol. The van der Waals surface area contributed by atoms with Crippen LogP contribution in [0.25, 0.3) is 0 Å². The highest BCUT2D eigenvalue weighted by molar-refractivity contribution is 14.1. The Morgan fingerprint density at radius 3 is 3.11 bits per heavy atom. The van der Waals surface area contributed by atoms with Crippen LogP contribution in [0.5, 0.6) is 0 Å². The van der Waals surface area contributed by atoms with Gasteiger partial charge >= 0.3 is 0 Å². The summed E-state index contributed by atoms with van der Waals surface area (Å²) in [6, 6.07) is 0. The second kappa shape index (κ2) is 6.27. The molecule has 0 saturated carbocycles. The molecule has 0 spiro atoms. The smallest absolute Gasteiger partial charge is 0.160 e. The van der Waals surface area contributed by atoms with Gasteiger partial charge in [0.2, 0.25) is 0 Å². The van der Waals surface area contributed by atoms with Crippen molar-refractivity contribution in [3.05, 3.63) is 12.7 Å². The highest BCUT2D eigenvalue weighted by atomic mass is 127. The largest absolute Gasteiger partial charge is 0.375 e. The third-order valence-electron chi connectivity index (χ3n) is 2.97. The Labute approximate surface area is 120 Å². The van der Waals surface area contributed by atoms with Gasteiger partial charge in [-0.05, 0) is 48.8 Å². The fourth-order valence-corrected chi connectivity index (χ4v) is 2.32. The lowest BCUT2D eigenvalue weighted by molar-refractivity contribution is -0.206. The molecule has 1 N–H and O–H groups in total. The predicted molar refractivity (Wildman–Crippen MR) is 73.1 cm³/mol. The Morgan fingerprint density at radius 1 is 1.67 bits per heavy atom. The van der Waals surface area contributed by atoms with Crippen molar-refractivity contribution in [2.45, 2.75) is 48.7 Å². The molecule has 0 aromatic carbocycles. The van der Waals surface area contributed by atoms with E-state index in [0.29, 0.717) is 6.54 Å². The van der Waals surface area contributed by atoms with Gasteiger partial charge in [0.15, 0.2) is 9.90 Å². The summed E-state index contributed by atoms with van der Waals surface area (Å²) in [5, 5.41) is 14.4. The van der Waals surface area contributed by atoms with E-state index in [1.165, 1.54) is 6.33 Å². The summed E-state index contributed by atoms with van der Waals surface area (Å²) in [6.45, 7) is 2.92. The zero-order chi connectivity index (χ0) is 13.0. The molecule has 1 saturated heterocycles. The number of halogens is 1. The maximum Gasteiger partial charge on any atom is 0.160 e. The van der Waals surface area contributed by atoms with E-state index in [2.05, 4.69) is 10.1 Å². The number of hydrogen-bond donors (Lipinski definition) is 1. The van der Waals surface area contributed by atoms with Crippen molar-refractivity contribution >= 4 is 22.6 Å². The minimum atomic E-state index is -1.04. The molecule has 1 aliphatic rings. The topological polar surface area (TPSA) is 69.4 Å². The second-order valence-corrected chi connectivity index (χ2v) is 6.35. The van der Waals surface area contributed by atoms with Crippen molar-refractivity contribution in [2.75, 3.05) is 6.61 Å². The third kappa shape index (κ3) is 3.87. The van der Waals surface area contributed by atoms with Gasteiger partial charge in [-0.2, -0.15) is 5.10 Å². The van der Waals surface area contributed by atoms with Gasteiger partial charge in [-0.3, -0.25) is 0 Å². The third-order valence-corrected chi connectivity index (χ3v) is 4.19. The van der Waals surface area contributed by atoms with Crippen LogP contribution in [0.4, 0.5) is 0 Å². The molecular formula is C11H18IN3O3. The highest BCUT2D eigenvalue weighted by Gasteiger charge is 2.34. The molecule has 102 valence electrons. The Balaban J connectivity index is 1.87. The van der Waals surface area contributed by atoms with E-state index >= 15 is 0 Å². The first-order valence-electron chi connectivity index (χ1n) is 6.09. The average molecular weight is 367 g/mol. The Bertz CT molecular complexity index is 352. The van der Waals surface area contributed by atoms with Gasteiger partial charge in [0.1, 0.15) is 12.7 Å². The maximum atomic E-state index is 10.4. The molecule has 6 nitrogen and oxygen atoms in total. The number of ether oxygens (including phenoxy) is 2. The van der Waals surface area contributed by atoms with Gasteiger partial charge in [0.05, 0.1) is 12.6 Å². The van der Waals surface area contributed by atoms with Crippen molar-refractivity contribution in [2.24, 2.45) is 0 Å². The van der Waals surface area contributed by atoms with Crippen LogP contribution in [0.3, 0.4) is 0 Å². The summed E-state index contributed by atoms with van der Waals surface area (Å²) in [6.07, 6.45) is 5.56. The first-order chi connectivity index (χ1) is 8.58. The second-order valence-electron chi connectivity index (χ2n) is 4.49. The van der Waals surface area contributed by atoms with Crippen LogP contribution in [0.15, 0.2) is 12.7 Å². The molecule has 0 aliphatic carbocycles. The fourth-order valence-electron chi connectivity index (χ4n) is 1.82. The minimum absolute atomic E-state index is 0.203. The van der Waals surface area contributed by atoms with Crippen LogP contribution in [0, 0.1) is 0 Å². The molecule has 18 heavy (non-hydrogen) atoms. The van der Waals surface area contributed by atoms with Crippen LogP contribution in [-0.2, 0) is 16.0 Å². The number of rotatable bonds is 5. The molecule has 7 heteroatoms. The first-order valence-corrected chi connectivity index (χ1v) is 7.16. The number of alkyl halides is 1. The van der Waals surface area contributed by atoms with Gasteiger partial charge < -0.3 is 14.6 Å². The van der Waals surface area contributed by atoms with Crippen molar-refractivity contribution in [3.63, 3.8) is 0 Å². The van der Waals surface area contributed by atoms with Crippen molar-refractivity contribution in [1.82, 2.24) is 14.8 Å². The van der Waals surface area contributed by atoms with Crippen molar-refractivity contribution < 1.29 is 14.6 Å². The van der Waals surface area contributed by atoms with Gasteiger partial charge in [-0.15, -0.1) is 0 Å². The van der Waals surface area contributed by atoms with E-state index < -0.39 is 3.61 Å². The fraction of sp³-hybridized carbons (Fsp3) is 0.818. The zero-order valence-electron chi connectivity index (χ0n) is 10.3. The molecule has 2 rings (SSSR count). The number of aromatic nitrogens is 3. The molecule has 0 amide bonds. The normalized spacial score (nSPS) is 25.6. The molecule has 3 unspecified atom stereocenters. The lowest BCUT2D eigenvalue weighted by atomic mass is 10.2. The van der Waals surface area contributed by atoms with Crippen molar-refractivity contribution in [1.29, 1.82) is 0 Å². The first kappa shape index (κ1) is 14.2. The Morgan fingerprint density at radius 2 is 2.50 bits per heavy atom. The summed E-state index contributed by atoms with van der Waals surface area (Å²) in [5.74, 6) is 0. The summed E-state index contributed by atoms with van der Waals surface area (Å²) in [7, 11) is 0. The molecule has 1 fully saturated rings. The van der Waals surface area contributed by atoms with Crippen molar-refractivity contribution in [3.8, 4) is 0 Å². The average Bonchev–Trinajstić information content (AvgIpc) is 2.82. The lowest BCUT2D eigenvalue weighted by Gasteiger charge is -2.32. The minimum Gasteiger partial charge on any atom is -0.375 e. The molecule has 3 atom stereocenters. The highest BCUT2D eigenvalue weighted by Crippen LogP contribution is 2.27. The van der Waals surface area contributed by atoms with E-state index in [0.717, 1.165) is 25.9 Å². The standard InChI is InChI=1S/C11H18IN3O3/c1-9(18-10-4-2-3-5-17-10)11(12,16)6-15-8-13-7-14-15/h7-10,16H,2-6H2,1H3. The number of hydrogen-bond acceptors (Lipinski definition) is 5. The molecule has 1 aromatic heterocycles. The summed E-state index contributed by atoms with van der Waals surface area (Å²) in [5.41, 5.74) is 0. The van der Waals surface area contributed by atoms with E-state index in [1.54, 1.807) is 11.0 Å². The van der Waals surface area contributed by atoms with Crippen LogP contribution in [-0.4, -0.2) is 42.5 Å². The zero-order valence-corrected chi connectivity index (χ0v) is 12.5. The maximum absolute atomic E-state index is 10.4. The lowest BCUT2D eigenvalue weighted by Crippen LogP contribution is -2.43. The van der Waals surface area contributed by atoms with Gasteiger partial charge in [0, 0.05) is 6.61 Å². The van der Waals surface area contributed by atoms with Crippen LogP contribution >= 0.6 is 22.6 Å². The summed E-state index contributed by atoms with van der Waals surface area (Å²) < 4.78 is 11.8. The summed E-state index contributed by atoms with van der Waals surface area (Å²) >= 11 is 1.99. The Hall–Kier alpha value is -0.250. The van der Waals surface area contributed by atoms with E-state index in [-0.39, 0.29) is 12.4 Å². The van der Waals surface area contributed by atoms with Gasteiger partial charge in [0.25, 0.3) is 0 Å². The van der Waals surface area contributed by atoms with Crippen LogP contribution < -0.4 is 0 Å². The predicted octanol–water partition coefficient (Wildman–Crippen LogP) is 1.33. The van der Waals surface area contributed by atoms with Gasteiger partial charge in [-0.25, -0.2) is 9.67 Å². The summed E-state index contributed by atoms with van der Waals surface area (Å²) in [4.78, 5) is 3.85. The molecule has 1 aliphatic heterocycles. The molecule has 2 heterocycles. The molecular weight excluding hydrogens is 349 g/mol. The van der Waals surface area contributed by atoms with Gasteiger partial charge in [-0.1, -0.05) is 0 Å².